The quantitative estimate of drug-likeness (QED) is 0.728. The van der Waals surface area contributed by atoms with Crippen LogP contribution >= 0.6 is 0 Å². The minimum absolute atomic E-state index is 0.0967. The monoisotopic (exact) mass is 284 g/mol. The zero-order valence-corrected chi connectivity index (χ0v) is 12.0. The van der Waals surface area contributed by atoms with Gasteiger partial charge in [-0.05, 0) is 19.1 Å². The Morgan fingerprint density at radius 2 is 2.00 bits per heavy atom. The molecule has 0 aliphatic rings. The van der Waals surface area contributed by atoms with Crippen LogP contribution in [0.2, 0.25) is 0 Å². The highest BCUT2D eigenvalue weighted by Crippen LogP contribution is 2.11. The van der Waals surface area contributed by atoms with Crippen molar-refractivity contribution in [2.45, 2.75) is 13.5 Å². The molecule has 6 heteroatoms. The third-order valence-corrected chi connectivity index (χ3v) is 3.34. The van der Waals surface area contributed by atoms with Gasteiger partial charge in [0.25, 0.3) is 5.56 Å². The van der Waals surface area contributed by atoms with Crippen LogP contribution < -0.4 is 10.3 Å². The predicted octanol–water partition coefficient (Wildman–Crippen LogP) is 1.52. The van der Waals surface area contributed by atoms with E-state index in [-0.39, 0.29) is 5.56 Å². The lowest BCUT2D eigenvalue weighted by atomic mass is 10.2. The van der Waals surface area contributed by atoms with Crippen LogP contribution in [0.25, 0.3) is 11.0 Å². The van der Waals surface area contributed by atoms with Gasteiger partial charge in [0.15, 0.2) is 5.65 Å². The molecule has 1 aromatic carbocycles. The largest absolute Gasteiger partial charge is 0.492 e. The summed E-state index contributed by atoms with van der Waals surface area (Å²) in [6, 6.07) is 7.82. The maximum Gasteiger partial charge on any atom is 0.264 e. The average Bonchev–Trinajstić information content (AvgIpc) is 2.86. The Hall–Kier alpha value is -2.63. The molecule has 3 rings (SSSR count). The summed E-state index contributed by atoms with van der Waals surface area (Å²) in [7, 11) is 1.76. The van der Waals surface area contributed by atoms with Crippen molar-refractivity contribution < 1.29 is 4.74 Å². The molecule has 0 amide bonds. The third kappa shape index (κ3) is 2.65. The van der Waals surface area contributed by atoms with E-state index in [1.165, 1.54) is 16.5 Å². The number of nitrogens with zero attached hydrogens (tertiary/aromatic N) is 4. The number of aromatic nitrogens is 4. The van der Waals surface area contributed by atoms with Crippen molar-refractivity contribution in [1.82, 2.24) is 19.3 Å². The zero-order valence-electron chi connectivity index (χ0n) is 12.0. The number of benzene rings is 1. The molecule has 0 aliphatic carbocycles. The molecule has 0 N–H and O–H groups in total. The lowest BCUT2D eigenvalue weighted by Crippen LogP contribution is -2.23. The summed E-state index contributed by atoms with van der Waals surface area (Å²) in [5.74, 6) is 0.795. The molecular weight excluding hydrogens is 268 g/mol. The minimum atomic E-state index is -0.0967. The Bertz CT molecular complexity index is 818. The maximum absolute atomic E-state index is 12.2. The molecule has 6 nitrogen and oxygen atoms in total. The molecule has 0 aliphatic heterocycles. The summed E-state index contributed by atoms with van der Waals surface area (Å²) >= 11 is 0. The van der Waals surface area contributed by atoms with Gasteiger partial charge in [-0.15, -0.1) is 0 Å². The van der Waals surface area contributed by atoms with E-state index in [0.29, 0.717) is 24.2 Å². The molecule has 0 radical (unpaired) electrons. The van der Waals surface area contributed by atoms with Crippen molar-refractivity contribution in [2.75, 3.05) is 6.61 Å². The van der Waals surface area contributed by atoms with E-state index in [4.69, 9.17) is 4.74 Å². The SMILES string of the molecule is Cc1ccc(OCCn2cnc3c(cnn3C)c2=O)cc1. The van der Waals surface area contributed by atoms with Crippen molar-refractivity contribution in [2.24, 2.45) is 7.05 Å². The van der Waals surface area contributed by atoms with Gasteiger partial charge >= 0.3 is 0 Å². The van der Waals surface area contributed by atoms with E-state index < -0.39 is 0 Å². The highest BCUT2D eigenvalue weighted by molar-refractivity contribution is 5.72. The molecule has 0 bridgehead atoms. The molecule has 3 aromatic rings. The van der Waals surface area contributed by atoms with E-state index in [1.54, 1.807) is 17.9 Å². The molecule has 21 heavy (non-hydrogen) atoms. The molecular formula is C15H16N4O2. The second-order valence-corrected chi connectivity index (χ2v) is 4.91. The van der Waals surface area contributed by atoms with Gasteiger partial charge in [-0.2, -0.15) is 5.10 Å². The fraction of sp³-hybridized carbons (Fsp3) is 0.267. The van der Waals surface area contributed by atoms with E-state index >= 15 is 0 Å². The fourth-order valence-electron chi connectivity index (χ4n) is 2.12. The van der Waals surface area contributed by atoms with Gasteiger partial charge in [0, 0.05) is 7.05 Å². The summed E-state index contributed by atoms with van der Waals surface area (Å²) in [5.41, 5.74) is 1.68. The Morgan fingerprint density at radius 1 is 1.24 bits per heavy atom. The molecule has 0 spiro atoms. The molecule has 0 unspecified atom stereocenters. The third-order valence-electron chi connectivity index (χ3n) is 3.34. The number of ether oxygens (including phenoxy) is 1. The Morgan fingerprint density at radius 3 is 2.76 bits per heavy atom. The number of fused-ring (bicyclic) bond motifs is 1. The van der Waals surface area contributed by atoms with Gasteiger partial charge in [-0.25, -0.2) is 4.98 Å². The van der Waals surface area contributed by atoms with E-state index in [9.17, 15) is 4.79 Å². The number of aryl methyl sites for hydroxylation is 2. The molecule has 0 saturated heterocycles. The van der Waals surface area contributed by atoms with Crippen molar-refractivity contribution in [1.29, 1.82) is 0 Å². The van der Waals surface area contributed by atoms with Crippen LogP contribution in [0.1, 0.15) is 5.56 Å². The van der Waals surface area contributed by atoms with Crippen LogP contribution in [0.15, 0.2) is 41.6 Å². The maximum atomic E-state index is 12.2. The van der Waals surface area contributed by atoms with Crippen LogP contribution in [-0.4, -0.2) is 25.9 Å². The Labute approximate surface area is 121 Å². The first kappa shape index (κ1) is 13.4. The van der Waals surface area contributed by atoms with Crippen LogP contribution in [0, 0.1) is 6.92 Å². The van der Waals surface area contributed by atoms with Crippen molar-refractivity contribution in [3.8, 4) is 5.75 Å². The predicted molar refractivity (Wildman–Crippen MR) is 79.4 cm³/mol. The molecule has 2 aromatic heterocycles. The van der Waals surface area contributed by atoms with Crippen LogP contribution in [0.5, 0.6) is 5.75 Å². The average molecular weight is 284 g/mol. The second kappa shape index (κ2) is 5.40. The van der Waals surface area contributed by atoms with Crippen LogP contribution in [0.3, 0.4) is 0 Å². The number of hydrogen-bond acceptors (Lipinski definition) is 4. The highest BCUT2D eigenvalue weighted by atomic mass is 16.5. The van der Waals surface area contributed by atoms with Crippen molar-refractivity contribution in [3.05, 3.63) is 52.7 Å². The normalized spacial score (nSPS) is 11.0. The lowest BCUT2D eigenvalue weighted by Gasteiger charge is -2.08. The number of hydrogen-bond donors (Lipinski definition) is 0. The van der Waals surface area contributed by atoms with Gasteiger partial charge in [0.1, 0.15) is 24.1 Å². The van der Waals surface area contributed by atoms with E-state index in [1.807, 2.05) is 31.2 Å². The van der Waals surface area contributed by atoms with E-state index in [0.717, 1.165) is 5.75 Å². The lowest BCUT2D eigenvalue weighted by molar-refractivity contribution is 0.296. The highest BCUT2D eigenvalue weighted by Gasteiger charge is 2.07. The first-order chi connectivity index (χ1) is 10.1. The van der Waals surface area contributed by atoms with Crippen LogP contribution in [0.4, 0.5) is 0 Å². The molecule has 0 saturated carbocycles. The zero-order chi connectivity index (χ0) is 14.8. The molecule has 0 fully saturated rings. The molecule has 2 heterocycles. The summed E-state index contributed by atoms with van der Waals surface area (Å²) in [5, 5.41) is 4.57. The summed E-state index contributed by atoms with van der Waals surface area (Å²) < 4.78 is 8.76. The van der Waals surface area contributed by atoms with Gasteiger partial charge < -0.3 is 4.74 Å². The number of rotatable bonds is 4. The summed E-state index contributed by atoms with van der Waals surface area (Å²) in [4.78, 5) is 16.5. The van der Waals surface area contributed by atoms with E-state index in [2.05, 4.69) is 10.1 Å². The van der Waals surface area contributed by atoms with Gasteiger partial charge in [-0.1, -0.05) is 17.7 Å². The van der Waals surface area contributed by atoms with Gasteiger partial charge in [0.05, 0.1) is 12.7 Å². The summed E-state index contributed by atoms with van der Waals surface area (Å²) in [6.45, 7) is 2.89. The first-order valence-electron chi connectivity index (χ1n) is 6.72. The smallest absolute Gasteiger partial charge is 0.264 e. The second-order valence-electron chi connectivity index (χ2n) is 4.91. The standard InChI is InChI=1S/C15H16N4O2/c1-11-3-5-12(6-4-11)21-8-7-19-10-16-14-13(15(19)20)9-17-18(14)2/h3-6,9-10H,7-8H2,1-2H3. The van der Waals surface area contributed by atoms with Gasteiger partial charge in [0.2, 0.25) is 0 Å². The minimum Gasteiger partial charge on any atom is -0.492 e. The van der Waals surface area contributed by atoms with Crippen molar-refractivity contribution >= 4 is 11.0 Å². The van der Waals surface area contributed by atoms with Crippen LogP contribution in [-0.2, 0) is 13.6 Å². The first-order valence-corrected chi connectivity index (χ1v) is 6.72. The molecule has 0 atom stereocenters. The summed E-state index contributed by atoms with van der Waals surface area (Å²) in [6.07, 6.45) is 3.08. The Kier molecular flexibility index (Phi) is 3.43. The topological polar surface area (TPSA) is 61.9 Å². The Balaban J connectivity index is 1.72. The van der Waals surface area contributed by atoms with Crippen molar-refractivity contribution in [3.63, 3.8) is 0 Å². The fourth-order valence-corrected chi connectivity index (χ4v) is 2.12. The van der Waals surface area contributed by atoms with Gasteiger partial charge in [-0.3, -0.25) is 14.0 Å². The molecule has 108 valence electrons.